The summed E-state index contributed by atoms with van der Waals surface area (Å²) in [5.41, 5.74) is 0.673. The summed E-state index contributed by atoms with van der Waals surface area (Å²) in [6.07, 6.45) is 0.559. The Kier molecular flexibility index (Phi) is 4.20. The van der Waals surface area contributed by atoms with Gasteiger partial charge in [-0.2, -0.15) is 5.26 Å². The van der Waals surface area contributed by atoms with Gasteiger partial charge in [0.25, 0.3) is 0 Å². The van der Waals surface area contributed by atoms with Crippen LogP contribution in [0.25, 0.3) is 0 Å². The molecule has 0 aliphatic heterocycles. The molecule has 0 heterocycles. The van der Waals surface area contributed by atoms with E-state index in [-0.39, 0.29) is 22.2 Å². The van der Waals surface area contributed by atoms with Crippen molar-refractivity contribution in [1.29, 1.82) is 5.26 Å². The van der Waals surface area contributed by atoms with Crippen molar-refractivity contribution in [2.75, 3.05) is 12.4 Å². The summed E-state index contributed by atoms with van der Waals surface area (Å²) in [7, 11) is 1.40. The fourth-order valence-electron chi connectivity index (χ4n) is 1.25. The van der Waals surface area contributed by atoms with E-state index >= 15 is 0 Å². The van der Waals surface area contributed by atoms with Crippen LogP contribution in [-0.2, 0) is 0 Å². The van der Waals surface area contributed by atoms with E-state index in [9.17, 15) is 9.59 Å². The Morgan fingerprint density at radius 1 is 1.62 bits per heavy atom. The molecule has 0 spiro atoms. The summed E-state index contributed by atoms with van der Waals surface area (Å²) >= 11 is 3.04. The minimum Gasteiger partial charge on any atom is -0.496 e. The summed E-state index contributed by atoms with van der Waals surface area (Å²) in [6.45, 7) is 0. The molecule has 0 saturated heterocycles. The second kappa shape index (κ2) is 5.42. The average Bonchev–Trinajstić information content (AvgIpc) is 2.35. The summed E-state index contributed by atoms with van der Waals surface area (Å²) in [5.74, 6) is 0.0938. The smallest absolute Gasteiger partial charge is 0.177 e. The maximum Gasteiger partial charge on any atom is 0.177 e. The van der Waals surface area contributed by atoms with Gasteiger partial charge in [0.15, 0.2) is 12.1 Å². The third-order valence-corrected chi connectivity index (χ3v) is 2.55. The van der Waals surface area contributed by atoms with E-state index in [4.69, 9.17) is 10.00 Å². The zero-order valence-electron chi connectivity index (χ0n) is 8.49. The number of hydrogen-bond donors (Lipinski definition) is 0. The third kappa shape index (κ3) is 2.28. The van der Waals surface area contributed by atoms with Crippen LogP contribution in [0.5, 0.6) is 5.75 Å². The van der Waals surface area contributed by atoms with Gasteiger partial charge in [-0.05, 0) is 12.1 Å². The van der Waals surface area contributed by atoms with Crippen LogP contribution in [0.1, 0.15) is 26.3 Å². The van der Waals surface area contributed by atoms with Gasteiger partial charge in [-0.3, -0.25) is 9.59 Å². The summed E-state index contributed by atoms with van der Waals surface area (Å²) in [5, 5.41) is 8.95. The largest absolute Gasteiger partial charge is 0.496 e. The molecule has 16 heavy (non-hydrogen) atoms. The number of carbonyl (C=O) groups is 2. The fourth-order valence-corrected chi connectivity index (χ4v) is 1.55. The Balaban J connectivity index is 3.44. The average molecular weight is 282 g/mol. The molecule has 0 atom stereocenters. The standard InChI is InChI=1S/C11H8BrNO3/c1-16-11-3-8(6-14)7(5-13)2-9(11)10(15)4-12/h2-3,6H,4H2,1H3. The van der Waals surface area contributed by atoms with Gasteiger partial charge in [-0.1, -0.05) is 15.9 Å². The van der Waals surface area contributed by atoms with E-state index in [1.165, 1.54) is 19.2 Å². The Labute approximate surface area is 101 Å². The maximum atomic E-state index is 11.5. The topological polar surface area (TPSA) is 67.2 Å². The van der Waals surface area contributed by atoms with Gasteiger partial charge in [-0.25, -0.2) is 0 Å². The van der Waals surface area contributed by atoms with E-state index < -0.39 is 0 Å². The maximum absolute atomic E-state index is 11.5. The minimum atomic E-state index is -0.203. The molecule has 0 saturated carbocycles. The molecule has 0 aliphatic rings. The minimum absolute atomic E-state index is 0.134. The van der Waals surface area contributed by atoms with E-state index in [1.54, 1.807) is 0 Å². The van der Waals surface area contributed by atoms with Crippen LogP contribution in [-0.4, -0.2) is 24.5 Å². The first-order valence-electron chi connectivity index (χ1n) is 4.34. The Morgan fingerprint density at radius 3 is 2.75 bits per heavy atom. The first-order valence-corrected chi connectivity index (χ1v) is 5.46. The number of ketones is 1. The number of benzene rings is 1. The first-order chi connectivity index (χ1) is 7.67. The number of alkyl halides is 1. The van der Waals surface area contributed by atoms with Crippen molar-refractivity contribution in [3.05, 3.63) is 28.8 Å². The van der Waals surface area contributed by atoms with E-state index in [2.05, 4.69) is 15.9 Å². The highest BCUT2D eigenvalue weighted by Gasteiger charge is 2.15. The van der Waals surface area contributed by atoms with E-state index in [0.29, 0.717) is 17.6 Å². The van der Waals surface area contributed by atoms with Crippen molar-refractivity contribution < 1.29 is 14.3 Å². The van der Waals surface area contributed by atoms with Crippen molar-refractivity contribution in [2.45, 2.75) is 0 Å². The molecule has 1 aromatic carbocycles. The van der Waals surface area contributed by atoms with Crippen LogP contribution < -0.4 is 4.74 Å². The van der Waals surface area contributed by atoms with Gasteiger partial charge in [0.2, 0.25) is 0 Å². The van der Waals surface area contributed by atoms with Crippen molar-refractivity contribution in [1.82, 2.24) is 0 Å². The highest BCUT2D eigenvalue weighted by atomic mass is 79.9. The van der Waals surface area contributed by atoms with Crippen LogP contribution in [0.3, 0.4) is 0 Å². The molecule has 0 aromatic heterocycles. The molecule has 4 nitrogen and oxygen atoms in total. The number of Topliss-reactive ketones (excluding diaryl/α,β-unsaturated/α-hetero) is 1. The second-order valence-corrected chi connectivity index (χ2v) is 3.49. The lowest BCUT2D eigenvalue weighted by atomic mass is 10.0. The number of halogens is 1. The number of rotatable bonds is 4. The zero-order valence-corrected chi connectivity index (χ0v) is 10.1. The lowest BCUT2D eigenvalue weighted by Gasteiger charge is -2.08. The summed E-state index contributed by atoms with van der Waals surface area (Å²) in [6, 6.07) is 4.62. The molecule has 82 valence electrons. The molecular formula is C11H8BrNO3. The molecule has 0 N–H and O–H groups in total. The number of aldehydes is 1. The highest BCUT2D eigenvalue weighted by Crippen LogP contribution is 2.23. The van der Waals surface area contributed by atoms with Gasteiger partial charge in [0.1, 0.15) is 5.75 Å². The van der Waals surface area contributed by atoms with Crippen molar-refractivity contribution in [3.63, 3.8) is 0 Å². The molecule has 0 bridgehead atoms. The lowest BCUT2D eigenvalue weighted by Crippen LogP contribution is -2.05. The molecule has 0 aliphatic carbocycles. The highest BCUT2D eigenvalue weighted by molar-refractivity contribution is 9.09. The van der Waals surface area contributed by atoms with Gasteiger partial charge in [0.05, 0.1) is 29.6 Å². The van der Waals surface area contributed by atoms with Crippen LogP contribution in [0.15, 0.2) is 12.1 Å². The number of nitriles is 1. The third-order valence-electron chi connectivity index (χ3n) is 2.04. The fraction of sp³-hybridized carbons (Fsp3) is 0.182. The van der Waals surface area contributed by atoms with Gasteiger partial charge in [0, 0.05) is 5.56 Å². The van der Waals surface area contributed by atoms with Crippen LogP contribution in [0, 0.1) is 11.3 Å². The van der Waals surface area contributed by atoms with E-state index in [0.717, 1.165) is 0 Å². The summed E-state index contributed by atoms with van der Waals surface area (Å²) < 4.78 is 5.00. The van der Waals surface area contributed by atoms with Crippen molar-refractivity contribution in [2.24, 2.45) is 0 Å². The van der Waals surface area contributed by atoms with Crippen LogP contribution in [0.4, 0.5) is 0 Å². The molecule has 1 aromatic rings. The Morgan fingerprint density at radius 2 is 2.31 bits per heavy atom. The lowest BCUT2D eigenvalue weighted by molar-refractivity contribution is 0.101. The number of methoxy groups -OCH3 is 1. The first kappa shape index (κ1) is 12.4. The summed E-state index contributed by atoms with van der Waals surface area (Å²) in [4.78, 5) is 22.2. The van der Waals surface area contributed by atoms with Gasteiger partial charge >= 0.3 is 0 Å². The molecule has 0 radical (unpaired) electrons. The second-order valence-electron chi connectivity index (χ2n) is 2.93. The van der Waals surface area contributed by atoms with Gasteiger partial charge in [-0.15, -0.1) is 0 Å². The van der Waals surface area contributed by atoms with E-state index in [1.807, 2.05) is 6.07 Å². The monoisotopic (exact) mass is 281 g/mol. The molecule has 0 fully saturated rings. The van der Waals surface area contributed by atoms with Crippen molar-refractivity contribution in [3.8, 4) is 11.8 Å². The van der Waals surface area contributed by atoms with Gasteiger partial charge < -0.3 is 4.74 Å². The SMILES string of the molecule is COc1cc(C=O)c(C#N)cc1C(=O)CBr. The Hall–Kier alpha value is -1.67. The van der Waals surface area contributed by atoms with Crippen molar-refractivity contribution >= 4 is 28.0 Å². The zero-order chi connectivity index (χ0) is 12.1. The number of nitrogens with zero attached hydrogens (tertiary/aromatic N) is 1. The molecule has 0 unspecified atom stereocenters. The van der Waals surface area contributed by atoms with Crippen LogP contribution in [0.2, 0.25) is 0 Å². The number of hydrogen-bond acceptors (Lipinski definition) is 4. The number of ether oxygens (including phenoxy) is 1. The quantitative estimate of drug-likeness (QED) is 0.481. The molecule has 0 amide bonds. The predicted octanol–water partition coefficient (Wildman–Crippen LogP) is 1.96. The normalized spacial score (nSPS) is 9.31. The molecule has 5 heteroatoms. The Bertz CT molecular complexity index is 477. The molecular weight excluding hydrogens is 274 g/mol. The van der Waals surface area contributed by atoms with Crippen LogP contribution >= 0.6 is 15.9 Å². The number of carbonyl (C=O) groups excluding carboxylic acids is 2. The predicted molar refractivity (Wildman–Crippen MR) is 61.2 cm³/mol. The molecule has 1 rings (SSSR count).